The molecule has 0 bridgehead atoms. The van der Waals surface area contributed by atoms with Crippen LogP contribution in [-0.2, 0) is 14.9 Å². The van der Waals surface area contributed by atoms with Gasteiger partial charge in [-0.1, -0.05) is 0 Å². The van der Waals surface area contributed by atoms with Crippen molar-refractivity contribution in [2.45, 2.75) is 44.2 Å². The molecule has 0 spiro atoms. The first-order valence-corrected chi connectivity index (χ1v) is 9.11. The molecule has 2 saturated heterocycles. The highest BCUT2D eigenvalue weighted by Crippen LogP contribution is 2.33. The van der Waals surface area contributed by atoms with E-state index >= 15 is 0 Å². The number of rotatable bonds is 3. The lowest BCUT2D eigenvalue weighted by Crippen LogP contribution is -2.57. The fourth-order valence-corrected chi connectivity index (χ4v) is 5.70. The standard InChI is InChI=1S/C13H25N3O3S/c14-9-11-3-2-6-15(10-11)20(17,18)16-7-8-19-13-5-1-4-12(13)16/h11-13H,1-10,14H2. The van der Waals surface area contributed by atoms with Crippen molar-refractivity contribution in [2.75, 3.05) is 32.8 Å². The maximum absolute atomic E-state index is 12.9. The fourth-order valence-electron chi connectivity index (χ4n) is 3.75. The minimum Gasteiger partial charge on any atom is -0.375 e. The Balaban J connectivity index is 1.76. The van der Waals surface area contributed by atoms with E-state index in [2.05, 4.69) is 0 Å². The average Bonchev–Trinajstić information content (AvgIpc) is 2.95. The van der Waals surface area contributed by atoms with Crippen LogP contribution in [0.5, 0.6) is 0 Å². The molecule has 3 aliphatic rings. The van der Waals surface area contributed by atoms with Gasteiger partial charge in [-0.15, -0.1) is 0 Å². The number of hydrogen-bond acceptors (Lipinski definition) is 4. The molecule has 3 fully saturated rings. The summed E-state index contributed by atoms with van der Waals surface area (Å²) >= 11 is 0. The highest BCUT2D eigenvalue weighted by molar-refractivity contribution is 7.86. The van der Waals surface area contributed by atoms with Gasteiger partial charge in [0.05, 0.1) is 18.8 Å². The maximum atomic E-state index is 12.9. The Morgan fingerprint density at radius 2 is 2.00 bits per heavy atom. The smallest absolute Gasteiger partial charge is 0.282 e. The third-order valence-corrected chi connectivity index (χ3v) is 6.90. The minimum absolute atomic E-state index is 0.0482. The normalized spacial score (nSPS) is 37.0. The molecule has 0 radical (unpaired) electrons. The van der Waals surface area contributed by atoms with Crippen LogP contribution in [0.1, 0.15) is 32.1 Å². The zero-order chi connectivity index (χ0) is 14.2. The van der Waals surface area contributed by atoms with E-state index in [9.17, 15) is 8.42 Å². The van der Waals surface area contributed by atoms with Crippen LogP contribution in [-0.4, -0.2) is 62.0 Å². The van der Waals surface area contributed by atoms with Crippen LogP contribution >= 0.6 is 0 Å². The highest BCUT2D eigenvalue weighted by Gasteiger charge is 2.44. The second-order valence-electron chi connectivity index (χ2n) is 6.13. The predicted molar refractivity (Wildman–Crippen MR) is 76.4 cm³/mol. The quantitative estimate of drug-likeness (QED) is 0.805. The third-order valence-electron chi connectivity index (χ3n) is 4.87. The summed E-state index contributed by atoms with van der Waals surface area (Å²) in [5.74, 6) is 0.305. The Morgan fingerprint density at radius 1 is 1.15 bits per heavy atom. The summed E-state index contributed by atoms with van der Waals surface area (Å²) in [6.45, 7) is 2.80. The van der Waals surface area contributed by atoms with E-state index in [1.807, 2.05) is 0 Å². The first kappa shape index (κ1) is 14.7. The van der Waals surface area contributed by atoms with Crippen molar-refractivity contribution in [1.82, 2.24) is 8.61 Å². The van der Waals surface area contributed by atoms with Crippen molar-refractivity contribution in [2.24, 2.45) is 11.7 Å². The van der Waals surface area contributed by atoms with Crippen molar-refractivity contribution < 1.29 is 13.2 Å². The van der Waals surface area contributed by atoms with E-state index in [1.165, 1.54) is 0 Å². The lowest BCUT2D eigenvalue weighted by Gasteiger charge is -2.41. The summed E-state index contributed by atoms with van der Waals surface area (Å²) in [5, 5.41) is 0. The number of nitrogens with two attached hydrogens (primary N) is 1. The first-order valence-electron chi connectivity index (χ1n) is 7.71. The molecule has 116 valence electrons. The van der Waals surface area contributed by atoms with E-state index in [0.717, 1.165) is 32.1 Å². The van der Waals surface area contributed by atoms with Crippen LogP contribution in [0, 0.1) is 5.92 Å². The van der Waals surface area contributed by atoms with Crippen molar-refractivity contribution in [1.29, 1.82) is 0 Å². The number of hydrogen-bond donors (Lipinski definition) is 1. The molecule has 3 atom stereocenters. The highest BCUT2D eigenvalue weighted by atomic mass is 32.2. The van der Waals surface area contributed by atoms with Crippen molar-refractivity contribution in [3.63, 3.8) is 0 Å². The number of morpholine rings is 1. The Hall–Kier alpha value is -0.210. The van der Waals surface area contributed by atoms with Gasteiger partial charge in [-0.05, 0) is 44.6 Å². The SMILES string of the molecule is NCC1CCCN(S(=O)(=O)N2CCOC3CCCC32)C1. The topological polar surface area (TPSA) is 75.9 Å². The summed E-state index contributed by atoms with van der Waals surface area (Å²) in [4.78, 5) is 0. The third kappa shape index (κ3) is 2.62. The van der Waals surface area contributed by atoms with Crippen LogP contribution in [0.15, 0.2) is 0 Å². The molecule has 1 aliphatic carbocycles. The summed E-state index contributed by atoms with van der Waals surface area (Å²) in [6, 6.07) is 0.0482. The Morgan fingerprint density at radius 3 is 2.80 bits per heavy atom. The molecular weight excluding hydrogens is 278 g/mol. The second-order valence-corrected chi connectivity index (χ2v) is 8.01. The first-order chi connectivity index (χ1) is 9.63. The van der Waals surface area contributed by atoms with Gasteiger partial charge in [-0.3, -0.25) is 0 Å². The summed E-state index contributed by atoms with van der Waals surface area (Å²) in [7, 11) is -3.35. The molecule has 2 aliphatic heterocycles. The average molecular weight is 303 g/mol. The molecule has 2 heterocycles. The van der Waals surface area contributed by atoms with Crippen LogP contribution < -0.4 is 5.73 Å². The molecule has 0 aromatic heterocycles. The van der Waals surface area contributed by atoms with Crippen LogP contribution in [0.4, 0.5) is 0 Å². The number of fused-ring (bicyclic) bond motifs is 1. The number of piperidine rings is 1. The van der Waals surface area contributed by atoms with E-state index < -0.39 is 10.2 Å². The van der Waals surface area contributed by atoms with E-state index in [0.29, 0.717) is 38.7 Å². The van der Waals surface area contributed by atoms with E-state index in [4.69, 9.17) is 10.5 Å². The van der Waals surface area contributed by atoms with Gasteiger partial charge in [0.2, 0.25) is 0 Å². The largest absolute Gasteiger partial charge is 0.375 e. The van der Waals surface area contributed by atoms with Gasteiger partial charge < -0.3 is 10.5 Å². The van der Waals surface area contributed by atoms with Crippen LogP contribution in [0.25, 0.3) is 0 Å². The molecule has 20 heavy (non-hydrogen) atoms. The predicted octanol–water partition coefficient (Wildman–Crippen LogP) is 0.155. The zero-order valence-corrected chi connectivity index (χ0v) is 12.7. The van der Waals surface area contributed by atoms with Gasteiger partial charge in [-0.25, -0.2) is 0 Å². The minimum atomic E-state index is -3.35. The van der Waals surface area contributed by atoms with Gasteiger partial charge in [0, 0.05) is 19.6 Å². The van der Waals surface area contributed by atoms with Gasteiger partial charge in [0.15, 0.2) is 0 Å². The molecule has 3 rings (SSSR count). The van der Waals surface area contributed by atoms with E-state index in [-0.39, 0.29) is 12.1 Å². The van der Waals surface area contributed by atoms with Gasteiger partial charge in [-0.2, -0.15) is 17.0 Å². The molecular formula is C13H25N3O3S. The number of ether oxygens (including phenoxy) is 1. The maximum Gasteiger partial charge on any atom is 0.282 e. The Bertz CT molecular complexity index is 442. The molecule has 0 amide bonds. The zero-order valence-electron chi connectivity index (χ0n) is 11.9. The summed E-state index contributed by atoms with van der Waals surface area (Å²) < 4.78 is 34.9. The second kappa shape index (κ2) is 5.88. The molecule has 3 unspecified atom stereocenters. The molecule has 0 aromatic rings. The van der Waals surface area contributed by atoms with E-state index in [1.54, 1.807) is 8.61 Å². The number of nitrogens with zero attached hydrogens (tertiary/aromatic N) is 2. The van der Waals surface area contributed by atoms with Gasteiger partial charge in [0.1, 0.15) is 0 Å². The van der Waals surface area contributed by atoms with Gasteiger partial charge >= 0.3 is 0 Å². The van der Waals surface area contributed by atoms with Crippen LogP contribution in [0.2, 0.25) is 0 Å². The molecule has 6 nitrogen and oxygen atoms in total. The summed E-state index contributed by atoms with van der Waals surface area (Å²) in [6.07, 6.45) is 5.04. The van der Waals surface area contributed by atoms with Crippen molar-refractivity contribution >= 4 is 10.2 Å². The molecule has 1 saturated carbocycles. The van der Waals surface area contributed by atoms with Crippen molar-refractivity contribution in [3.8, 4) is 0 Å². The Kier molecular flexibility index (Phi) is 4.33. The van der Waals surface area contributed by atoms with Crippen LogP contribution in [0.3, 0.4) is 0 Å². The molecule has 2 N–H and O–H groups in total. The fraction of sp³-hybridized carbons (Fsp3) is 1.00. The van der Waals surface area contributed by atoms with Gasteiger partial charge in [0.25, 0.3) is 10.2 Å². The molecule has 7 heteroatoms. The lowest BCUT2D eigenvalue weighted by molar-refractivity contribution is -0.0264. The summed E-state index contributed by atoms with van der Waals surface area (Å²) in [5.41, 5.74) is 5.72. The Labute approximate surface area is 121 Å². The lowest BCUT2D eigenvalue weighted by atomic mass is 10.0. The molecule has 0 aromatic carbocycles. The monoisotopic (exact) mass is 303 g/mol. The van der Waals surface area contributed by atoms with Crippen molar-refractivity contribution in [3.05, 3.63) is 0 Å².